The van der Waals surface area contributed by atoms with E-state index in [-0.39, 0.29) is 30.3 Å². The van der Waals surface area contributed by atoms with E-state index in [9.17, 15) is 9.59 Å². The predicted molar refractivity (Wildman–Crippen MR) is 108 cm³/mol. The van der Waals surface area contributed by atoms with E-state index >= 15 is 0 Å². The van der Waals surface area contributed by atoms with Gasteiger partial charge < -0.3 is 19.9 Å². The number of halogens is 1. The highest BCUT2D eigenvalue weighted by molar-refractivity contribution is 5.97. The van der Waals surface area contributed by atoms with Crippen molar-refractivity contribution in [3.05, 3.63) is 29.8 Å². The molecule has 0 saturated carbocycles. The zero-order valence-corrected chi connectivity index (χ0v) is 17.0. The molecule has 2 aliphatic rings. The third-order valence-electron chi connectivity index (χ3n) is 5.45. The maximum absolute atomic E-state index is 13.0. The van der Waals surface area contributed by atoms with Crippen LogP contribution in [-0.2, 0) is 4.79 Å². The van der Waals surface area contributed by atoms with Crippen molar-refractivity contribution in [3.63, 3.8) is 0 Å². The van der Waals surface area contributed by atoms with Gasteiger partial charge in [0.05, 0.1) is 12.2 Å². The number of carbonyl (C=O) groups is 2. The SMILES string of the molecule is CCOc1ccccc1C(=O)N1CC[C@@H]2[C@@H](CCC(=O)N2CCNC)C1.Cl. The molecular weight excluding hydrogens is 366 g/mol. The fraction of sp³-hybridized carbons (Fsp3) is 0.600. The lowest BCUT2D eigenvalue weighted by Crippen LogP contribution is -2.57. The van der Waals surface area contributed by atoms with Gasteiger partial charge in [0.15, 0.2) is 0 Å². The summed E-state index contributed by atoms with van der Waals surface area (Å²) in [6, 6.07) is 7.71. The first kappa shape index (κ1) is 21.5. The van der Waals surface area contributed by atoms with Crippen LogP contribution < -0.4 is 10.1 Å². The molecule has 0 aliphatic carbocycles. The molecule has 6 nitrogen and oxygen atoms in total. The summed E-state index contributed by atoms with van der Waals surface area (Å²) in [5, 5.41) is 3.13. The van der Waals surface area contributed by atoms with Gasteiger partial charge in [-0.1, -0.05) is 12.1 Å². The number of piperidine rings is 2. The van der Waals surface area contributed by atoms with E-state index in [0.29, 0.717) is 43.3 Å². The molecule has 2 saturated heterocycles. The molecule has 27 heavy (non-hydrogen) atoms. The van der Waals surface area contributed by atoms with Gasteiger partial charge in [-0.2, -0.15) is 0 Å². The second-order valence-corrected chi connectivity index (χ2v) is 7.03. The molecule has 2 fully saturated rings. The quantitative estimate of drug-likeness (QED) is 0.802. The van der Waals surface area contributed by atoms with Gasteiger partial charge in [-0.15, -0.1) is 12.4 Å². The normalized spacial score (nSPS) is 22.1. The first-order chi connectivity index (χ1) is 12.7. The van der Waals surface area contributed by atoms with Crippen molar-refractivity contribution in [3.8, 4) is 5.75 Å². The van der Waals surface area contributed by atoms with Crippen molar-refractivity contribution in [2.75, 3.05) is 39.8 Å². The number of amides is 2. The second kappa shape index (κ2) is 9.95. The number of hydrogen-bond acceptors (Lipinski definition) is 4. The summed E-state index contributed by atoms with van der Waals surface area (Å²) in [5.74, 6) is 1.30. The van der Waals surface area contributed by atoms with Gasteiger partial charge in [-0.3, -0.25) is 9.59 Å². The Bertz CT molecular complexity index is 655. The second-order valence-electron chi connectivity index (χ2n) is 7.03. The molecule has 3 rings (SSSR count). The molecule has 2 atom stereocenters. The van der Waals surface area contributed by atoms with Gasteiger partial charge in [-0.05, 0) is 44.9 Å². The van der Waals surface area contributed by atoms with Crippen LogP contribution in [0.4, 0.5) is 0 Å². The van der Waals surface area contributed by atoms with Crippen LogP contribution in [0.25, 0.3) is 0 Å². The van der Waals surface area contributed by atoms with Crippen LogP contribution in [0.2, 0.25) is 0 Å². The van der Waals surface area contributed by atoms with Crippen molar-refractivity contribution in [1.82, 2.24) is 15.1 Å². The van der Waals surface area contributed by atoms with Crippen molar-refractivity contribution in [1.29, 1.82) is 0 Å². The molecule has 1 aromatic rings. The van der Waals surface area contributed by atoms with Crippen molar-refractivity contribution < 1.29 is 14.3 Å². The van der Waals surface area contributed by atoms with Gasteiger partial charge in [0.2, 0.25) is 5.91 Å². The largest absolute Gasteiger partial charge is 0.493 e. The van der Waals surface area contributed by atoms with Crippen LogP contribution >= 0.6 is 12.4 Å². The molecule has 2 amide bonds. The van der Waals surface area contributed by atoms with E-state index in [1.807, 2.05) is 48.0 Å². The summed E-state index contributed by atoms with van der Waals surface area (Å²) < 4.78 is 5.62. The average molecular weight is 396 g/mol. The van der Waals surface area contributed by atoms with Crippen LogP contribution in [0.15, 0.2) is 24.3 Å². The highest BCUT2D eigenvalue weighted by Crippen LogP contribution is 2.32. The van der Waals surface area contributed by atoms with Gasteiger partial charge in [-0.25, -0.2) is 0 Å². The molecule has 1 aromatic carbocycles. The third kappa shape index (κ3) is 4.74. The molecule has 0 aromatic heterocycles. The van der Waals surface area contributed by atoms with E-state index in [4.69, 9.17) is 4.74 Å². The molecule has 0 spiro atoms. The highest BCUT2D eigenvalue weighted by Gasteiger charge is 2.40. The topological polar surface area (TPSA) is 61.9 Å². The Labute approximate surface area is 167 Å². The number of benzene rings is 1. The summed E-state index contributed by atoms with van der Waals surface area (Å²) in [4.78, 5) is 29.3. The Morgan fingerprint density at radius 3 is 2.81 bits per heavy atom. The molecule has 150 valence electrons. The Morgan fingerprint density at radius 1 is 1.30 bits per heavy atom. The van der Waals surface area contributed by atoms with Crippen molar-refractivity contribution >= 4 is 24.2 Å². The van der Waals surface area contributed by atoms with Gasteiger partial charge >= 0.3 is 0 Å². The molecule has 1 N–H and O–H groups in total. The Kier molecular flexibility index (Phi) is 7.92. The lowest BCUT2D eigenvalue weighted by molar-refractivity contribution is -0.140. The van der Waals surface area contributed by atoms with Crippen LogP contribution in [0.3, 0.4) is 0 Å². The molecule has 2 heterocycles. The van der Waals surface area contributed by atoms with Crippen LogP contribution in [-0.4, -0.2) is 67.5 Å². The van der Waals surface area contributed by atoms with E-state index < -0.39 is 0 Å². The summed E-state index contributed by atoms with van der Waals surface area (Å²) in [6.45, 7) is 5.41. The average Bonchev–Trinajstić information content (AvgIpc) is 2.67. The smallest absolute Gasteiger partial charge is 0.257 e. The fourth-order valence-corrected chi connectivity index (χ4v) is 4.15. The van der Waals surface area contributed by atoms with E-state index in [2.05, 4.69) is 5.32 Å². The first-order valence-corrected chi connectivity index (χ1v) is 9.60. The Morgan fingerprint density at radius 2 is 2.07 bits per heavy atom. The number of ether oxygens (including phenoxy) is 1. The summed E-state index contributed by atoms with van der Waals surface area (Å²) in [6.07, 6.45) is 2.31. The maximum atomic E-state index is 13.0. The van der Waals surface area contributed by atoms with E-state index in [1.165, 1.54) is 0 Å². The highest BCUT2D eigenvalue weighted by atomic mass is 35.5. The predicted octanol–water partition coefficient (Wildman–Crippen LogP) is 2.18. The van der Waals surface area contributed by atoms with Gasteiger partial charge in [0.1, 0.15) is 5.75 Å². The molecular formula is C20H30ClN3O3. The van der Waals surface area contributed by atoms with E-state index in [1.54, 1.807) is 0 Å². The van der Waals surface area contributed by atoms with Gasteiger partial charge in [0, 0.05) is 38.6 Å². The standard InChI is InChI=1S/C20H29N3O3.ClH/c1-3-26-18-7-5-4-6-16(18)20(25)22-12-10-17-15(14-22)8-9-19(24)23(17)13-11-21-2;/h4-7,15,17,21H,3,8-14H2,1-2H3;1H/t15-,17+;/m0./s1. The Hall–Kier alpha value is -1.79. The number of carbonyl (C=O) groups excluding carboxylic acids is 2. The zero-order valence-electron chi connectivity index (χ0n) is 16.1. The minimum Gasteiger partial charge on any atom is -0.493 e. The minimum absolute atomic E-state index is 0. The van der Waals surface area contributed by atoms with Crippen LogP contribution in [0.1, 0.15) is 36.5 Å². The number of nitrogens with one attached hydrogen (secondary N) is 1. The summed E-state index contributed by atoms with van der Waals surface area (Å²) in [7, 11) is 1.91. The van der Waals surface area contributed by atoms with Crippen LogP contribution in [0.5, 0.6) is 5.75 Å². The monoisotopic (exact) mass is 395 g/mol. The Balaban J connectivity index is 0.00000261. The molecule has 0 unspecified atom stereocenters. The molecule has 7 heteroatoms. The van der Waals surface area contributed by atoms with Crippen molar-refractivity contribution in [2.24, 2.45) is 5.92 Å². The number of hydrogen-bond donors (Lipinski definition) is 1. The van der Waals surface area contributed by atoms with Crippen LogP contribution in [0, 0.1) is 5.92 Å². The maximum Gasteiger partial charge on any atom is 0.257 e. The summed E-state index contributed by atoms with van der Waals surface area (Å²) in [5.41, 5.74) is 0.631. The lowest BCUT2D eigenvalue weighted by atomic mass is 9.83. The third-order valence-corrected chi connectivity index (χ3v) is 5.45. The van der Waals surface area contributed by atoms with E-state index in [0.717, 1.165) is 25.9 Å². The zero-order chi connectivity index (χ0) is 18.5. The minimum atomic E-state index is 0. The molecule has 2 aliphatic heterocycles. The first-order valence-electron chi connectivity index (χ1n) is 9.60. The number of rotatable bonds is 6. The molecule has 0 radical (unpaired) electrons. The number of likely N-dealkylation sites (N-methyl/N-ethyl adjacent to an activating group) is 1. The fourth-order valence-electron chi connectivity index (χ4n) is 4.15. The summed E-state index contributed by atoms with van der Waals surface area (Å²) >= 11 is 0. The van der Waals surface area contributed by atoms with Gasteiger partial charge in [0.25, 0.3) is 5.91 Å². The number of para-hydroxylation sites is 1. The molecule has 0 bridgehead atoms. The number of nitrogens with zero attached hydrogens (tertiary/aromatic N) is 2. The lowest BCUT2D eigenvalue weighted by Gasteiger charge is -2.47. The number of likely N-dealkylation sites (tertiary alicyclic amines) is 2. The van der Waals surface area contributed by atoms with Crippen molar-refractivity contribution in [2.45, 2.75) is 32.2 Å². The number of fused-ring (bicyclic) bond motifs is 1.